The predicted octanol–water partition coefficient (Wildman–Crippen LogP) is 3.49. The molecule has 1 aliphatic heterocycles. The zero-order valence-electron chi connectivity index (χ0n) is 14.7. The van der Waals surface area contributed by atoms with Gasteiger partial charge in [0.2, 0.25) is 5.91 Å². The van der Waals surface area contributed by atoms with Crippen molar-refractivity contribution >= 4 is 34.8 Å². The highest BCUT2D eigenvalue weighted by Gasteiger charge is 2.26. The lowest BCUT2D eigenvalue weighted by Crippen LogP contribution is -2.37. The van der Waals surface area contributed by atoms with E-state index in [1.165, 1.54) is 6.92 Å². The summed E-state index contributed by atoms with van der Waals surface area (Å²) in [6.45, 7) is 3.60. The monoisotopic (exact) mass is 391 g/mol. The molecule has 26 heavy (non-hydrogen) atoms. The Hall–Kier alpha value is -1.92. The number of hydrogen-bond acceptors (Lipinski definition) is 4. The third-order valence-corrected chi connectivity index (χ3v) is 5.82. The van der Waals surface area contributed by atoms with Crippen molar-refractivity contribution in [3.63, 3.8) is 0 Å². The smallest absolute Gasteiger partial charge is 0.253 e. The van der Waals surface area contributed by atoms with Crippen molar-refractivity contribution in [3.8, 4) is 0 Å². The minimum absolute atomic E-state index is 0.0165. The van der Waals surface area contributed by atoms with Crippen molar-refractivity contribution in [3.05, 3.63) is 50.9 Å². The van der Waals surface area contributed by atoms with E-state index in [2.05, 4.69) is 10.7 Å². The van der Waals surface area contributed by atoms with Crippen LogP contribution in [-0.4, -0.2) is 41.3 Å². The van der Waals surface area contributed by atoms with Gasteiger partial charge in [-0.05, 0) is 31.0 Å². The molecule has 0 aliphatic carbocycles. The second-order valence-corrected chi connectivity index (χ2v) is 7.81. The molecule has 0 atom stereocenters. The highest BCUT2D eigenvalue weighted by molar-refractivity contribution is 7.09. The summed E-state index contributed by atoms with van der Waals surface area (Å²) in [5.41, 5.74) is 1.67. The number of halogens is 1. The predicted molar refractivity (Wildman–Crippen MR) is 104 cm³/mol. The van der Waals surface area contributed by atoms with Crippen molar-refractivity contribution in [2.75, 3.05) is 19.6 Å². The van der Waals surface area contributed by atoms with E-state index in [1.54, 1.807) is 29.5 Å². The summed E-state index contributed by atoms with van der Waals surface area (Å²) in [6, 6.07) is 7.11. The number of carbonyl (C=O) groups excluding carboxylic acids is 2. The second-order valence-electron chi connectivity index (χ2n) is 6.49. The van der Waals surface area contributed by atoms with Crippen LogP contribution in [0.4, 0.5) is 0 Å². The van der Waals surface area contributed by atoms with Gasteiger partial charge in [-0.2, -0.15) is 0 Å². The van der Waals surface area contributed by atoms with Crippen LogP contribution in [0.3, 0.4) is 0 Å². The van der Waals surface area contributed by atoms with E-state index < -0.39 is 0 Å². The van der Waals surface area contributed by atoms with Crippen LogP contribution < -0.4 is 5.32 Å². The zero-order valence-corrected chi connectivity index (χ0v) is 16.3. The summed E-state index contributed by atoms with van der Waals surface area (Å²) >= 11 is 7.66. The van der Waals surface area contributed by atoms with E-state index in [0.717, 1.165) is 43.1 Å². The van der Waals surface area contributed by atoms with Gasteiger partial charge >= 0.3 is 0 Å². The van der Waals surface area contributed by atoms with Crippen molar-refractivity contribution in [1.82, 2.24) is 15.2 Å². The molecule has 1 aromatic heterocycles. The zero-order chi connectivity index (χ0) is 18.5. The molecule has 0 radical (unpaired) electrons. The SMILES string of the molecule is CC(=O)NCCc1csc(C2CCN(C(=O)c3cccc(Cl)c3)CC2)n1. The maximum Gasteiger partial charge on any atom is 0.253 e. The topological polar surface area (TPSA) is 62.3 Å². The van der Waals surface area contributed by atoms with Gasteiger partial charge in [0.1, 0.15) is 0 Å². The van der Waals surface area contributed by atoms with E-state index in [0.29, 0.717) is 23.0 Å². The van der Waals surface area contributed by atoms with Crippen molar-refractivity contribution in [1.29, 1.82) is 0 Å². The number of nitrogens with one attached hydrogen (secondary N) is 1. The van der Waals surface area contributed by atoms with Crippen molar-refractivity contribution in [2.45, 2.75) is 32.1 Å². The van der Waals surface area contributed by atoms with Gasteiger partial charge in [-0.3, -0.25) is 9.59 Å². The molecule has 2 amide bonds. The van der Waals surface area contributed by atoms with E-state index >= 15 is 0 Å². The van der Waals surface area contributed by atoms with Crippen LogP contribution in [-0.2, 0) is 11.2 Å². The second kappa shape index (κ2) is 8.64. The lowest BCUT2D eigenvalue weighted by atomic mass is 9.97. The van der Waals surface area contributed by atoms with Crippen LogP contribution in [0.2, 0.25) is 5.02 Å². The molecule has 1 aromatic carbocycles. The first-order chi connectivity index (χ1) is 12.5. The van der Waals surface area contributed by atoms with Crippen molar-refractivity contribution in [2.24, 2.45) is 0 Å². The summed E-state index contributed by atoms with van der Waals surface area (Å²) in [4.78, 5) is 30.1. The van der Waals surface area contributed by atoms with Gasteiger partial charge in [0.25, 0.3) is 5.91 Å². The Morgan fingerprint density at radius 3 is 2.81 bits per heavy atom. The average Bonchev–Trinajstić information content (AvgIpc) is 3.10. The van der Waals surface area contributed by atoms with E-state index in [4.69, 9.17) is 16.6 Å². The Labute approximate surface area is 162 Å². The average molecular weight is 392 g/mol. The Balaban J connectivity index is 1.53. The fraction of sp³-hybridized carbons (Fsp3) is 0.421. The minimum atomic E-state index is -0.0165. The number of amides is 2. The number of carbonyl (C=O) groups is 2. The Morgan fingerprint density at radius 2 is 2.12 bits per heavy atom. The summed E-state index contributed by atoms with van der Waals surface area (Å²) in [5, 5.41) is 6.58. The third kappa shape index (κ3) is 4.83. The molecule has 0 bridgehead atoms. The molecule has 1 fully saturated rings. The van der Waals surface area contributed by atoms with E-state index in [1.807, 2.05) is 11.0 Å². The molecular formula is C19H22ClN3O2S. The quantitative estimate of drug-likeness (QED) is 0.848. The number of benzene rings is 1. The lowest BCUT2D eigenvalue weighted by Gasteiger charge is -2.31. The van der Waals surface area contributed by atoms with Gasteiger partial charge in [0.15, 0.2) is 0 Å². The number of nitrogens with zero attached hydrogens (tertiary/aromatic N) is 2. The molecular weight excluding hydrogens is 370 g/mol. The molecule has 3 rings (SSSR count). The molecule has 138 valence electrons. The fourth-order valence-corrected chi connectivity index (χ4v) is 4.34. The summed E-state index contributed by atoms with van der Waals surface area (Å²) in [6.07, 6.45) is 2.60. The first kappa shape index (κ1) is 18.9. The summed E-state index contributed by atoms with van der Waals surface area (Å²) in [7, 11) is 0. The molecule has 0 unspecified atom stereocenters. The number of piperidine rings is 1. The molecule has 1 N–H and O–H groups in total. The van der Waals surface area contributed by atoms with Crippen LogP contribution in [0.1, 0.15) is 46.7 Å². The molecule has 0 saturated carbocycles. The molecule has 5 nitrogen and oxygen atoms in total. The molecule has 1 aliphatic rings. The number of thiazole rings is 1. The lowest BCUT2D eigenvalue weighted by molar-refractivity contribution is -0.118. The van der Waals surface area contributed by atoms with Gasteiger partial charge in [-0.25, -0.2) is 4.98 Å². The number of aromatic nitrogens is 1. The molecule has 2 heterocycles. The van der Waals surface area contributed by atoms with Gasteiger partial charge in [0, 0.05) is 54.9 Å². The standard InChI is InChI=1S/C19H22ClN3O2S/c1-13(24)21-8-5-17-12-26-18(22-17)14-6-9-23(10-7-14)19(25)15-3-2-4-16(20)11-15/h2-4,11-12,14H,5-10H2,1H3,(H,21,24). The van der Waals surface area contributed by atoms with E-state index in [9.17, 15) is 9.59 Å². The van der Waals surface area contributed by atoms with Gasteiger partial charge in [-0.15, -0.1) is 11.3 Å². The van der Waals surface area contributed by atoms with E-state index in [-0.39, 0.29) is 11.8 Å². The normalized spacial score (nSPS) is 15.1. The van der Waals surface area contributed by atoms with Crippen LogP contribution in [0.25, 0.3) is 0 Å². The summed E-state index contributed by atoms with van der Waals surface area (Å²) in [5.74, 6) is 0.427. The highest BCUT2D eigenvalue weighted by atomic mass is 35.5. The molecule has 0 spiro atoms. The van der Waals surface area contributed by atoms with Gasteiger partial charge in [0.05, 0.1) is 10.7 Å². The van der Waals surface area contributed by atoms with Crippen LogP contribution >= 0.6 is 22.9 Å². The number of hydrogen-bond donors (Lipinski definition) is 1. The maximum absolute atomic E-state index is 12.6. The first-order valence-corrected chi connectivity index (χ1v) is 10.0. The van der Waals surface area contributed by atoms with Crippen LogP contribution in [0.5, 0.6) is 0 Å². The molecule has 2 aromatic rings. The molecule has 7 heteroatoms. The minimum Gasteiger partial charge on any atom is -0.356 e. The Bertz CT molecular complexity index is 785. The number of likely N-dealkylation sites (tertiary alicyclic amines) is 1. The largest absolute Gasteiger partial charge is 0.356 e. The van der Waals surface area contributed by atoms with Crippen LogP contribution in [0, 0.1) is 0 Å². The van der Waals surface area contributed by atoms with Gasteiger partial charge in [-0.1, -0.05) is 17.7 Å². The first-order valence-electron chi connectivity index (χ1n) is 8.76. The highest BCUT2D eigenvalue weighted by Crippen LogP contribution is 2.31. The van der Waals surface area contributed by atoms with Crippen LogP contribution in [0.15, 0.2) is 29.6 Å². The summed E-state index contributed by atoms with van der Waals surface area (Å²) < 4.78 is 0. The van der Waals surface area contributed by atoms with Crippen molar-refractivity contribution < 1.29 is 9.59 Å². The third-order valence-electron chi connectivity index (χ3n) is 4.53. The Kier molecular flexibility index (Phi) is 6.27. The maximum atomic E-state index is 12.6. The fourth-order valence-electron chi connectivity index (χ4n) is 3.13. The van der Waals surface area contributed by atoms with Gasteiger partial charge < -0.3 is 10.2 Å². The molecule has 1 saturated heterocycles. The Morgan fingerprint density at radius 1 is 1.35 bits per heavy atom. The number of rotatable bonds is 5.